The first-order valence-electron chi connectivity index (χ1n) is 7.70. The molecule has 0 heterocycles. The van der Waals surface area contributed by atoms with Crippen LogP contribution in [0.15, 0.2) is 60.7 Å². The van der Waals surface area contributed by atoms with Gasteiger partial charge in [0.1, 0.15) is 5.75 Å². The maximum absolute atomic E-state index is 5.94. The second kappa shape index (κ2) is 6.17. The molecule has 2 nitrogen and oxygen atoms in total. The predicted octanol–water partition coefficient (Wildman–Crippen LogP) is 5.23. The van der Waals surface area contributed by atoms with Gasteiger partial charge in [0.25, 0.3) is 0 Å². The Bertz CT molecular complexity index is 832. The van der Waals surface area contributed by atoms with Crippen LogP contribution in [0.4, 0.5) is 5.69 Å². The van der Waals surface area contributed by atoms with E-state index in [2.05, 4.69) is 50.2 Å². The van der Waals surface area contributed by atoms with E-state index in [0.717, 1.165) is 22.6 Å². The van der Waals surface area contributed by atoms with Gasteiger partial charge in [0, 0.05) is 11.3 Å². The first-order valence-corrected chi connectivity index (χ1v) is 7.70. The molecule has 23 heavy (non-hydrogen) atoms. The van der Waals surface area contributed by atoms with Crippen molar-refractivity contribution in [3.05, 3.63) is 71.8 Å². The van der Waals surface area contributed by atoms with Gasteiger partial charge in [0.05, 0.1) is 7.11 Å². The lowest BCUT2D eigenvalue weighted by molar-refractivity contribution is 0.416. The van der Waals surface area contributed by atoms with Crippen molar-refractivity contribution in [3.8, 4) is 28.0 Å². The van der Waals surface area contributed by atoms with Crippen LogP contribution in [-0.4, -0.2) is 7.11 Å². The Hall–Kier alpha value is -2.74. The third-order valence-corrected chi connectivity index (χ3v) is 4.17. The molecule has 0 aromatic heterocycles. The fourth-order valence-corrected chi connectivity index (χ4v) is 3.07. The highest BCUT2D eigenvalue weighted by Gasteiger charge is 2.11. The summed E-state index contributed by atoms with van der Waals surface area (Å²) in [6.07, 6.45) is 0. The van der Waals surface area contributed by atoms with Gasteiger partial charge >= 0.3 is 0 Å². The average Bonchev–Trinajstić information content (AvgIpc) is 2.54. The van der Waals surface area contributed by atoms with E-state index in [-0.39, 0.29) is 0 Å². The van der Waals surface area contributed by atoms with Crippen molar-refractivity contribution < 1.29 is 4.74 Å². The fraction of sp³-hybridized carbons (Fsp3) is 0.143. The first kappa shape index (κ1) is 15.2. The number of hydrogen-bond donors (Lipinski definition) is 1. The van der Waals surface area contributed by atoms with Gasteiger partial charge in [-0.05, 0) is 65.9 Å². The van der Waals surface area contributed by atoms with Crippen LogP contribution in [-0.2, 0) is 0 Å². The summed E-state index contributed by atoms with van der Waals surface area (Å²) >= 11 is 0. The topological polar surface area (TPSA) is 35.2 Å². The summed E-state index contributed by atoms with van der Waals surface area (Å²) in [6.45, 7) is 4.29. The van der Waals surface area contributed by atoms with E-state index in [0.29, 0.717) is 0 Å². The van der Waals surface area contributed by atoms with Crippen molar-refractivity contribution in [2.75, 3.05) is 12.8 Å². The van der Waals surface area contributed by atoms with Crippen molar-refractivity contribution in [2.45, 2.75) is 13.8 Å². The molecule has 2 heteroatoms. The van der Waals surface area contributed by atoms with E-state index in [4.69, 9.17) is 10.5 Å². The number of ether oxygens (including phenoxy) is 1. The monoisotopic (exact) mass is 303 g/mol. The minimum atomic E-state index is 0.752. The average molecular weight is 303 g/mol. The molecule has 116 valence electrons. The molecule has 3 aromatic rings. The fourth-order valence-electron chi connectivity index (χ4n) is 3.07. The molecule has 0 aliphatic heterocycles. The molecule has 0 bridgehead atoms. The SMILES string of the molecule is COc1ccc(-c2c(C)cccc2C)cc1-c1cccc(N)c1. The van der Waals surface area contributed by atoms with E-state index in [1.54, 1.807) is 7.11 Å². The Morgan fingerprint density at radius 2 is 1.48 bits per heavy atom. The van der Waals surface area contributed by atoms with Gasteiger partial charge in [-0.2, -0.15) is 0 Å². The summed E-state index contributed by atoms with van der Waals surface area (Å²) in [5, 5.41) is 0. The van der Waals surface area contributed by atoms with Crippen LogP contribution in [0.3, 0.4) is 0 Å². The molecular weight excluding hydrogens is 282 g/mol. The van der Waals surface area contributed by atoms with Gasteiger partial charge in [-0.1, -0.05) is 36.4 Å². The van der Waals surface area contributed by atoms with E-state index in [1.165, 1.54) is 22.3 Å². The van der Waals surface area contributed by atoms with Gasteiger partial charge in [-0.3, -0.25) is 0 Å². The van der Waals surface area contributed by atoms with Crippen molar-refractivity contribution in [3.63, 3.8) is 0 Å². The smallest absolute Gasteiger partial charge is 0.126 e. The lowest BCUT2D eigenvalue weighted by Crippen LogP contribution is -1.93. The Labute approximate surface area is 137 Å². The summed E-state index contributed by atoms with van der Waals surface area (Å²) in [5.41, 5.74) is 13.8. The van der Waals surface area contributed by atoms with E-state index in [1.807, 2.05) is 24.3 Å². The summed E-state index contributed by atoms with van der Waals surface area (Å²) in [5.74, 6) is 0.852. The number of nitrogen functional groups attached to an aromatic ring is 1. The summed E-state index contributed by atoms with van der Waals surface area (Å²) in [7, 11) is 1.70. The van der Waals surface area contributed by atoms with Crippen molar-refractivity contribution >= 4 is 5.69 Å². The molecule has 0 amide bonds. The van der Waals surface area contributed by atoms with Crippen LogP contribution in [0.25, 0.3) is 22.3 Å². The van der Waals surface area contributed by atoms with E-state index >= 15 is 0 Å². The predicted molar refractivity (Wildman–Crippen MR) is 97.8 cm³/mol. The normalized spacial score (nSPS) is 10.6. The van der Waals surface area contributed by atoms with Crippen LogP contribution in [0.1, 0.15) is 11.1 Å². The number of methoxy groups -OCH3 is 1. The highest BCUT2D eigenvalue weighted by Crippen LogP contribution is 2.36. The Kier molecular flexibility index (Phi) is 4.07. The minimum Gasteiger partial charge on any atom is -0.496 e. The standard InChI is InChI=1S/C21H21NO/c1-14-6-4-7-15(2)21(14)17-10-11-20(23-3)19(13-17)16-8-5-9-18(22)12-16/h4-13H,22H2,1-3H3. The molecule has 0 spiro atoms. The Morgan fingerprint density at radius 1 is 0.783 bits per heavy atom. The number of benzene rings is 3. The highest BCUT2D eigenvalue weighted by molar-refractivity contribution is 5.81. The van der Waals surface area contributed by atoms with Crippen LogP contribution in [0, 0.1) is 13.8 Å². The van der Waals surface area contributed by atoms with Gasteiger partial charge in [-0.25, -0.2) is 0 Å². The highest BCUT2D eigenvalue weighted by atomic mass is 16.5. The maximum Gasteiger partial charge on any atom is 0.126 e. The van der Waals surface area contributed by atoms with E-state index < -0.39 is 0 Å². The van der Waals surface area contributed by atoms with Gasteiger partial charge in [0.15, 0.2) is 0 Å². The molecule has 3 rings (SSSR count). The molecule has 2 N–H and O–H groups in total. The van der Waals surface area contributed by atoms with Gasteiger partial charge in [0.2, 0.25) is 0 Å². The third kappa shape index (κ3) is 2.93. The van der Waals surface area contributed by atoms with Crippen LogP contribution in [0.2, 0.25) is 0 Å². The zero-order valence-electron chi connectivity index (χ0n) is 13.8. The Balaban J connectivity index is 2.21. The second-order valence-electron chi connectivity index (χ2n) is 5.81. The zero-order chi connectivity index (χ0) is 16.4. The van der Waals surface area contributed by atoms with Gasteiger partial charge < -0.3 is 10.5 Å². The first-order chi connectivity index (χ1) is 11.1. The van der Waals surface area contributed by atoms with Crippen LogP contribution >= 0.6 is 0 Å². The van der Waals surface area contributed by atoms with Crippen molar-refractivity contribution in [2.24, 2.45) is 0 Å². The molecule has 0 atom stereocenters. The summed E-state index contributed by atoms with van der Waals surface area (Å²) < 4.78 is 5.55. The zero-order valence-corrected chi connectivity index (χ0v) is 13.8. The lowest BCUT2D eigenvalue weighted by atomic mass is 9.92. The molecule has 0 aliphatic carbocycles. The van der Waals surface area contributed by atoms with Gasteiger partial charge in [-0.15, -0.1) is 0 Å². The third-order valence-electron chi connectivity index (χ3n) is 4.17. The summed E-state index contributed by atoms with van der Waals surface area (Å²) in [4.78, 5) is 0. The number of hydrogen-bond acceptors (Lipinski definition) is 2. The van der Waals surface area contributed by atoms with Crippen LogP contribution < -0.4 is 10.5 Å². The molecule has 0 aliphatic rings. The summed E-state index contributed by atoms with van der Waals surface area (Å²) in [6, 6.07) is 20.6. The number of anilines is 1. The van der Waals surface area contributed by atoms with Crippen molar-refractivity contribution in [1.29, 1.82) is 0 Å². The molecule has 3 aromatic carbocycles. The molecule has 0 saturated carbocycles. The Morgan fingerprint density at radius 3 is 2.13 bits per heavy atom. The van der Waals surface area contributed by atoms with Crippen molar-refractivity contribution in [1.82, 2.24) is 0 Å². The van der Waals surface area contributed by atoms with E-state index in [9.17, 15) is 0 Å². The number of nitrogens with two attached hydrogens (primary N) is 1. The molecule has 0 saturated heterocycles. The molecule has 0 fully saturated rings. The quantitative estimate of drug-likeness (QED) is 0.672. The minimum absolute atomic E-state index is 0.752. The number of rotatable bonds is 3. The second-order valence-corrected chi connectivity index (χ2v) is 5.81. The maximum atomic E-state index is 5.94. The molecule has 0 unspecified atom stereocenters. The van der Waals surface area contributed by atoms with Crippen LogP contribution in [0.5, 0.6) is 5.75 Å². The number of aryl methyl sites for hydroxylation is 2. The molecular formula is C21H21NO. The largest absolute Gasteiger partial charge is 0.496 e. The molecule has 0 radical (unpaired) electrons. The lowest BCUT2D eigenvalue weighted by Gasteiger charge is -2.14.